The minimum absolute atomic E-state index is 0.00325. The van der Waals surface area contributed by atoms with Gasteiger partial charge in [0.05, 0.1) is 11.4 Å². The Morgan fingerprint density at radius 2 is 1.79 bits per heavy atom. The van der Waals surface area contributed by atoms with Gasteiger partial charge in [-0.1, -0.05) is 51.8 Å². The van der Waals surface area contributed by atoms with E-state index in [0.29, 0.717) is 12.8 Å². The first-order chi connectivity index (χ1) is 13.6. The molecular weight excluding hydrogens is 414 g/mol. The van der Waals surface area contributed by atoms with Gasteiger partial charge in [0.15, 0.2) is 0 Å². The molecule has 4 rings (SSSR count). The summed E-state index contributed by atoms with van der Waals surface area (Å²) in [5.41, 5.74) is 5.87. The molecule has 140 valence electrons. The van der Waals surface area contributed by atoms with Crippen LogP contribution in [0.25, 0.3) is 16.9 Å². The molecule has 2 heterocycles. The minimum atomic E-state index is -0.00325. The van der Waals surface area contributed by atoms with Gasteiger partial charge in [-0.15, -0.1) is 0 Å². The first-order valence-corrected chi connectivity index (χ1v) is 9.98. The van der Waals surface area contributed by atoms with Crippen molar-refractivity contribution in [3.63, 3.8) is 0 Å². The molecule has 0 atom stereocenters. The maximum absolute atomic E-state index is 12.5. The van der Waals surface area contributed by atoms with Crippen LogP contribution >= 0.6 is 15.9 Å². The van der Waals surface area contributed by atoms with Gasteiger partial charge >= 0.3 is 0 Å². The SMILES string of the molecule is Cc1ccc(NC(=O)CCc2c(-c3ccc(Br)cc3)nc3ccccn23)cc1. The number of fused-ring (bicyclic) bond motifs is 1. The molecular formula is C23H20BrN3O. The molecule has 0 aliphatic rings. The maximum Gasteiger partial charge on any atom is 0.224 e. The monoisotopic (exact) mass is 433 g/mol. The van der Waals surface area contributed by atoms with Crippen LogP contribution in [0.3, 0.4) is 0 Å². The van der Waals surface area contributed by atoms with E-state index in [1.54, 1.807) is 0 Å². The van der Waals surface area contributed by atoms with Gasteiger partial charge in [0.25, 0.3) is 0 Å². The van der Waals surface area contributed by atoms with Crippen LogP contribution in [0, 0.1) is 6.92 Å². The molecule has 1 amide bonds. The maximum atomic E-state index is 12.5. The van der Waals surface area contributed by atoms with E-state index in [9.17, 15) is 4.79 Å². The molecule has 0 bridgehead atoms. The third-order valence-corrected chi connectivity index (χ3v) is 5.20. The molecule has 1 N–H and O–H groups in total. The predicted molar refractivity (Wildman–Crippen MR) is 116 cm³/mol. The van der Waals surface area contributed by atoms with Crippen molar-refractivity contribution in [3.05, 3.63) is 88.7 Å². The van der Waals surface area contributed by atoms with Gasteiger partial charge in [0, 0.05) is 28.3 Å². The lowest BCUT2D eigenvalue weighted by Gasteiger charge is -2.08. The molecule has 0 spiro atoms. The Labute approximate surface area is 172 Å². The molecule has 0 fully saturated rings. The van der Waals surface area contributed by atoms with Gasteiger partial charge < -0.3 is 9.72 Å². The second-order valence-corrected chi connectivity index (χ2v) is 7.67. The third-order valence-electron chi connectivity index (χ3n) is 4.67. The molecule has 28 heavy (non-hydrogen) atoms. The summed E-state index contributed by atoms with van der Waals surface area (Å²) in [6, 6.07) is 21.9. The van der Waals surface area contributed by atoms with E-state index >= 15 is 0 Å². The summed E-state index contributed by atoms with van der Waals surface area (Å²) >= 11 is 3.48. The first kappa shape index (κ1) is 18.4. The normalized spacial score (nSPS) is 10.9. The van der Waals surface area contributed by atoms with E-state index < -0.39 is 0 Å². The lowest BCUT2D eigenvalue weighted by Crippen LogP contribution is -2.13. The van der Waals surface area contributed by atoms with Crippen molar-refractivity contribution in [1.29, 1.82) is 0 Å². The van der Waals surface area contributed by atoms with Crippen molar-refractivity contribution in [2.24, 2.45) is 0 Å². The number of pyridine rings is 1. The number of hydrogen-bond donors (Lipinski definition) is 1. The Morgan fingerprint density at radius 3 is 2.54 bits per heavy atom. The second-order valence-electron chi connectivity index (χ2n) is 6.76. The number of halogens is 1. The van der Waals surface area contributed by atoms with Gasteiger partial charge in [0.2, 0.25) is 5.91 Å². The number of anilines is 1. The summed E-state index contributed by atoms with van der Waals surface area (Å²) in [5.74, 6) is -0.00325. The third kappa shape index (κ3) is 3.99. The van der Waals surface area contributed by atoms with Crippen LogP contribution in [0.1, 0.15) is 17.7 Å². The molecule has 0 radical (unpaired) electrons. The summed E-state index contributed by atoms with van der Waals surface area (Å²) in [6.07, 6.45) is 2.99. The Bertz CT molecular complexity index is 1120. The second kappa shape index (κ2) is 7.98. The van der Waals surface area contributed by atoms with Crippen LogP contribution in [0.4, 0.5) is 5.69 Å². The Morgan fingerprint density at radius 1 is 1.04 bits per heavy atom. The number of aryl methyl sites for hydroxylation is 2. The number of imidazole rings is 1. The standard InChI is InChI=1S/C23H20BrN3O/c1-16-5-11-19(12-6-16)25-22(28)14-13-20-23(17-7-9-18(24)10-8-17)26-21-4-2-3-15-27(20)21/h2-12,15H,13-14H2,1H3,(H,25,28). The molecule has 0 aliphatic carbocycles. The van der Waals surface area contributed by atoms with Crippen molar-refractivity contribution in [2.45, 2.75) is 19.8 Å². The number of carbonyl (C=O) groups excluding carboxylic acids is 1. The van der Waals surface area contributed by atoms with Crippen LogP contribution in [0.5, 0.6) is 0 Å². The highest BCUT2D eigenvalue weighted by Gasteiger charge is 2.15. The summed E-state index contributed by atoms with van der Waals surface area (Å²) in [6.45, 7) is 2.03. The van der Waals surface area contributed by atoms with Crippen molar-refractivity contribution >= 4 is 33.2 Å². The molecule has 0 saturated heterocycles. The number of hydrogen-bond acceptors (Lipinski definition) is 2. The summed E-state index contributed by atoms with van der Waals surface area (Å²) in [7, 11) is 0. The van der Waals surface area contributed by atoms with E-state index in [1.807, 2.05) is 79.9 Å². The fraction of sp³-hybridized carbons (Fsp3) is 0.130. The number of benzene rings is 2. The van der Waals surface area contributed by atoms with Gasteiger partial charge in [-0.05, 0) is 49.7 Å². The lowest BCUT2D eigenvalue weighted by molar-refractivity contribution is -0.116. The fourth-order valence-electron chi connectivity index (χ4n) is 3.22. The highest BCUT2D eigenvalue weighted by molar-refractivity contribution is 9.10. The molecule has 4 aromatic rings. The quantitative estimate of drug-likeness (QED) is 0.442. The first-order valence-electron chi connectivity index (χ1n) is 9.18. The molecule has 0 unspecified atom stereocenters. The number of aromatic nitrogens is 2. The van der Waals surface area contributed by atoms with E-state index in [-0.39, 0.29) is 5.91 Å². The number of nitrogens with zero attached hydrogens (tertiary/aromatic N) is 2. The summed E-state index contributed by atoms with van der Waals surface area (Å²) in [4.78, 5) is 17.3. The average molecular weight is 434 g/mol. The Hall–Kier alpha value is -2.92. The summed E-state index contributed by atoms with van der Waals surface area (Å²) < 4.78 is 3.09. The van der Waals surface area contributed by atoms with E-state index in [1.165, 1.54) is 5.56 Å². The average Bonchev–Trinajstić information content (AvgIpc) is 3.07. The highest BCUT2D eigenvalue weighted by atomic mass is 79.9. The van der Waals surface area contributed by atoms with Crippen molar-refractivity contribution < 1.29 is 4.79 Å². The zero-order chi connectivity index (χ0) is 19.5. The molecule has 0 aliphatic heterocycles. The molecule has 2 aromatic heterocycles. The van der Waals surface area contributed by atoms with Gasteiger partial charge in [-0.3, -0.25) is 4.79 Å². The van der Waals surface area contributed by atoms with Crippen molar-refractivity contribution in [3.8, 4) is 11.3 Å². The van der Waals surface area contributed by atoms with E-state index in [2.05, 4.69) is 25.6 Å². The zero-order valence-corrected chi connectivity index (χ0v) is 17.1. The van der Waals surface area contributed by atoms with Crippen LogP contribution in [0.15, 0.2) is 77.4 Å². The Balaban J connectivity index is 1.58. The smallest absolute Gasteiger partial charge is 0.224 e. The fourth-order valence-corrected chi connectivity index (χ4v) is 3.48. The van der Waals surface area contributed by atoms with Gasteiger partial charge in [0.1, 0.15) is 5.65 Å². The largest absolute Gasteiger partial charge is 0.326 e. The van der Waals surface area contributed by atoms with Crippen LogP contribution in [-0.4, -0.2) is 15.3 Å². The van der Waals surface area contributed by atoms with Crippen LogP contribution in [-0.2, 0) is 11.2 Å². The van der Waals surface area contributed by atoms with Gasteiger partial charge in [-0.25, -0.2) is 4.98 Å². The van der Waals surface area contributed by atoms with Crippen molar-refractivity contribution in [1.82, 2.24) is 9.38 Å². The zero-order valence-electron chi connectivity index (χ0n) is 15.5. The van der Waals surface area contributed by atoms with Gasteiger partial charge in [-0.2, -0.15) is 0 Å². The summed E-state index contributed by atoms with van der Waals surface area (Å²) in [5, 5.41) is 2.97. The minimum Gasteiger partial charge on any atom is -0.326 e. The number of carbonyl (C=O) groups is 1. The number of nitrogens with one attached hydrogen (secondary N) is 1. The molecule has 2 aromatic carbocycles. The van der Waals surface area contributed by atoms with Crippen molar-refractivity contribution in [2.75, 3.05) is 5.32 Å². The Kier molecular flexibility index (Phi) is 5.26. The van der Waals surface area contributed by atoms with E-state index in [0.717, 1.165) is 32.8 Å². The molecule has 5 heteroatoms. The topological polar surface area (TPSA) is 46.4 Å². The molecule has 0 saturated carbocycles. The van der Waals surface area contributed by atoms with E-state index in [4.69, 9.17) is 4.98 Å². The van der Waals surface area contributed by atoms with Crippen LogP contribution in [0.2, 0.25) is 0 Å². The molecule has 4 nitrogen and oxygen atoms in total. The van der Waals surface area contributed by atoms with Crippen LogP contribution < -0.4 is 5.32 Å². The highest BCUT2D eigenvalue weighted by Crippen LogP contribution is 2.27. The number of rotatable bonds is 5. The lowest BCUT2D eigenvalue weighted by atomic mass is 10.1. The predicted octanol–water partition coefficient (Wildman–Crippen LogP) is 5.64. The number of amides is 1.